The molecule has 0 aromatic heterocycles. The van der Waals surface area contributed by atoms with Crippen molar-refractivity contribution < 1.29 is 9.53 Å². The van der Waals surface area contributed by atoms with Crippen LogP contribution in [0, 0.1) is 11.8 Å². The molecule has 0 fully saturated rings. The summed E-state index contributed by atoms with van der Waals surface area (Å²) < 4.78 is 5.47. The first-order chi connectivity index (χ1) is 13.6. The lowest BCUT2D eigenvalue weighted by atomic mass is 9.98. The number of unbranched alkanes of at least 4 members (excludes halogenated alkanes) is 13. The molecule has 0 aliphatic carbocycles. The molecule has 0 heterocycles. The topological polar surface area (TPSA) is 26.3 Å². The van der Waals surface area contributed by atoms with Crippen molar-refractivity contribution in [2.24, 2.45) is 11.8 Å². The fraction of sp³-hybridized carbons (Fsp3) is 0.962. The van der Waals surface area contributed by atoms with Crippen molar-refractivity contribution >= 4 is 5.97 Å². The van der Waals surface area contributed by atoms with Crippen molar-refractivity contribution in [3.8, 4) is 0 Å². The highest BCUT2D eigenvalue weighted by molar-refractivity contribution is 5.71. The smallest absolute Gasteiger partial charge is 0.308 e. The van der Waals surface area contributed by atoms with E-state index in [-0.39, 0.29) is 11.9 Å². The Morgan fingerprint density at radius 1 is 0.643 bits per heavy atom. The van der Waals surface area contributed by atoms with Gasteiger partial charge in [0.2, 0.25) is 0 Å². The summed E-state index contributed by atoms with van der Waals surface area (Å²) in [5.41, 5.74) is 0. The van der Waals surface area contributed by atoms with E-state index in [1.807, 2.05) is 6.92 Å². The Labute approximate surface area is 177 Å². The van der Waals surface area contributed by atoms with Crippen molar-refractivity contribution in [1.29, 1.82) is 0 Å². The second kappa shape index (κ2) is 21.2. The summed E-state index contributed by atoms with van der Waals surface area (Å²) in [5, 5.41) is 0. The number of esters is 1. The molecule has 0 amide bonds. The molecule has 2 unspecified atom stereocenters. The molecular formula is C26H52O2. The molecule has 0 aromatic rings. The molecule has 0 radical (unpaired) electrons. The molecule has 0 aliphatic heterocycles. The van der Waals surface area contributed by atoms with Gasteiger partial charge in [-0.3, -0.25) is 4.79 Å². The summed E-state index contributed by atoms with van der Waals surface area (Å²) in [6.07, 6.45) is 23.4. The molecule has 2 heteroatoms. The highest BCUT2D eigenvalue weighted by Gasteiger charge is 2.13. The van der Waals surface area contributed by atoms with Crippen LogP contribution >= 0.6 is 0 Å². The van der Waals surface area contributed by atoms with Crippen LogP contribution < -0.4 is 0 Å². The third-order valence-corrected chi connectivity index (χ3v) is 6.18. The van der Waals surface area contributed by atoms with E-state index < -0.39 is 0 Å². The van der Waals surface area contributed by atoms with Crippen molar-refractivity contribution in [3.05, 3.63) is 0 Å². The van der Waals surface area contributed by atoms with Gasteiger partial charge < -0.3 is 4.74 Å². The molecule has 0 aliphatic rings. The highest BCUT2D eigenvalue weighted by Crippen LogP contribution is 2.16. The van der Waals surface area contributed by atoms with Crippen LogP contribution in [0.15, 0.2) is 0 Å². The maximum absolute atomic E-state index is 12.0. The quantitative estimate of drug-likeness (QED) is 0.143. The van der Waals surface area contributed by atoms with Crippen LogP contribution in [0.1, 0.15) is 143 Å². The Balaban J connectivity index is 3.33. The summed E-state index contributed by atoms with van der Waals surface area (Å²) in [7, 11) is 0. The minimum absolute atomic E-state index is 0.0185. The van der Waals surface area contributed by atoms with E-state index in [0.717, 1.165) is 25.2 Å². The van der Waals surface area contributed by atoms with Crippen LogP contribution in [0.25, 0.3) is 0 Å². The molecule has 0 aromatic carbocycles. The van der Waals surface area contributed by atoms with Gasteiger partial charge in [-0.2, -0.15) is 0 Å². The average Bonchev–Trinajstić information content (AvgIpc) is 2.70. The van der Waals surface area contributed by atoms with Gasteiger partial charge in [-0.05, 0) is 18.8 Å². The Bertz CT molecular complexity index is 326. The molecule has 0 bridgehead atoms. The Morgan fingerprint density at radius 2 is 1.11 bits per heavy atom. The molecule has 0 spiro atoms. The zero-order chi connectivity index (χ0) is 20.9. The van der Waals surface area contributed by atoms with Crippen molar-refractivity contribution in [1.82, 2.24) is 0 Å². The van der Waals surface area contributed by atoms with E-state index in [4.69, 9.17) is 4.74 Å². The summed E-state index contributed by atoms with van der Waals surface area (Å²) in [6.45, 7) is 9.51. The van der Waals surface area contributed by atoms with Crippen molar-refractivity contribution in [2.75, 3.05) is 6.61 Å². The lowest BCUT2D eigenvalue weighted by molar-refractivity contribution is -0.148. The van der Waals surface area contributed by atoms with Gasteiger partial charge in [-0.25, -0.2) is 0 Å². The average molecular weight is 397 g/mol. The van der Waals surface area contributed by atoms with E-state index in [9.17, 15) is 4.79 Å². The van der Waals surface area contributed by atoms with Gasteiger partial charge in [0.05, 0.1) is 12.5 Å². The van der Waals surface area contributed by atoms with Crippen LogP contribution in [0.3, 0.4) is 0 Å². The Morgan fingerprint density at radius 3 is 1.64 bits per heavy atom. The molecule has 2 nitrogen and oxygen atoms in total. The minimum Gasteiger partial charge on any atom is -0.465 e. The summed E-state index contributed by atoms with van der Waals surface area (Å²) in [4.78, 5) is 12.0. The zero-order valence-corrected chi connectivity index (χ0v) is 19.9. The second-order valence-electron chi connectivity index (χ2n) is 9.11. The van der Waals surface area contributed by atoms with Gasteiger partial charge in [0.1, 0.15) is 0 Å². The van der Waals surface area contributed by atoms with Crippen LogP contribution in [-0.4, -0.2) is 12.6 Å². The van der Waals surface area contributed by atoms with Crippen LogP contribution in [0.4, 0.5) is 0 Å². The van der Waals surface area contributed by atoms with Gasteiger partial charge in [-0.1, -0.05) is 130 Å². The third kappa shape index (κ3) is 18.8. The van der Waals surface area contributed by atoms with E-state index >= 15 is 0 Å². The Kier molecular flexibility index (Phi) is 20.8. The van der Waals surface area contributed by atoms with E-state index in [1.54, 1.807) is 0 Å². The Hall–Kier alpha value is -0.530. The van der Waals surface area contributed by atoms with Gasteiger partial charge in [0.25, 0.3) is 0 Å². The molecule has 2 atom stereocenters. The van der Waals surface area contributed by atoms with E-state index in [0.29, 0.717) is 6.61 Å². The molecule has 0 rings (SSSR count). The molecule has 0 N–H and O–H groups in total. The van der Waals surface area contributed by atoms with Gasteiger partial charge in [-0.15, -0.1) is 0 Å². The van der Waals surface area contributed by atoms with Gasteiger partial charge in [0, 0.05) is 0 Å². The normalized spacial score (nSPS) is 13.4. The predicted octanol–water partition coefficient (Wildman–Crippen LogP) is 8.86. The molecular weight excluding hydrogens is 344 g/mol. The number of rotatable bonds is 21. The summed E-state index contributed by atoms with van der Waals surface area (Å²) >= 11 is 0. The second-order valence-corrected chi connectivity index (χ2v) is 9.11. The van der Waals surface area contributed by atoms with Crippen molar-refractivity contribution in [2.45, 2.75) is 143 Å². The fourth-order valence-corrected chi connectivity index (χ4v) is 3.70. The standard InChI is InChI=1S/C26H52O2/c1-5-7-8-9-10-11-12-13-14-15-16-20-23-28-26(27)25(4)22-19-17-18-21-24(3)6-2/h24-25H,5-23H2,1-4H3. The van der Waals surface area contributed by atoms with E-state index in [1.165, 1.54) is 96.3 Å². The van der Waals surface area contributed by atoms with Crippen LogP contribution in [-0.2, 0) is 9.53 Å². The number of ether oxygens (including phenoxy) is 1. The number of carbonyl (C=O) groups is 1. The lowest BCUT2D eigenvalue weighted by Crippen LogP contribution is -2.15. The fourth-order valence-electron chi connectivity index (χ4n) is 3.70. The first-order valence-electron chi connectivity index (χ1n) is 12.8. The highest BCUT2D eigenvalue weighted by atomic mass is 16.5. The number of carbonyl (C=O) groups excluding carboxylic acids is 1. The molecule has 0 saturated heterocycles. The van der Waals surface area contributed by atoms with Crippen LogP contribution in [0.5, 0.6) is 0 Å². The largest absolute Gasteiger partial charge is 0.465 e. The number of hydrogen-bond donors (Lipinski definition) is 0. The SMILES string of the molecule is CCCCCCCCCCCCCCOC(=O)C(C)CCCCCC(C)CC. The van der Waals surface area contributed by atoms with Crippen LogP contribution in [0.2, 0.25) is 0 Å². The maximum Gasteiger partial charge on any atom is 0.308 e. The lowest BCUT2D eigenvalue weighted by Gasteiger charge is -2.12. The predicted molar refractivity (Wildman–Crippen MR) is 124 cm³/mol. The molecule has 168 valence electrons. The maximum atomic E-state index is 12.0. The van der Waals surface area contributed by atoms with Crippen molar-refractivity contribution in [3.63, 3.8) is 0 Å². The van der Waals surface area contributed by atoms with Gasteiger partial charge >= 0.3 is 5.97 Å². The third-order valence-electron chi connectivity index (χ3n) is 6.18. The minimum atomic E-state index is 0.0185. The summed E-state index contributed by atoms with van der Waals surface area (Å²) in [6, 6.07) is 0. The van der Waals surface area contributed by atoms with Gasteiger partial charge in [0.15, 0.2) is 0 Å². The monoisotopic (exact) mass is 396 g/mol. The zero-order valence-electron chi connectivity index (χ0n) is 19.9. The molecule has 28 heavy (non-hydrogen) atoms. The number of hydrogen-bond acceptors (Lipinski definition) is 2. The first-order valence-corrected chi connectivity index (χ1v) is 12.8. The first kappa shape index (κ1) is 27.5. The van der Waals surface area contributed by atoms with E-state index in [2.05, 4.69) is 20.8 Å². The molecule has 0 saturated carbocycles. The summed E-state index contributed by atoms with van der Waals surface area (Å²) in [5.74, 6) is 0.934.